The Labute approximate surface area is 59.2 Å². The van der Waals surface area contributed by atoms with Crippen molar-refractivity contribution in [1.82, 2.24) is 0 Å². The van der Waals surface area contributed by atoms with Gasteiger partial charge in [-0.05, 0) is 6.42 Å². The summed E-state index contributed by atoms with van der Waals surface area (Å²) in [6.45, 7) is 1.86. The normalized spacial score (nSPS) is 11.8. The molecule has 6 heteroatoms. The molecule has 0 unspecified atom stereocenters. The summed E-state index contributed by atoms with van der Waals surface area (Å²) in [6.07, 6.45) is 0.597. The molecular weight excluding hydrogens is 168 g/mol. The van der Waals surface area contributed by atoms with E-state index in [-0.39, 0.29) is 6.61 Å². The van der Waals surface area contributed by atoms with E-state index in [1.807, 2.05) is 0 Å². The first-order chi connectivity index (χ1) is 4.12. The molecule has 0 aliphatic rings. The van der Waals surface area contributed by atoms with Crippen molar-refractivity contribution < 1.29 is 16.3 Å². The van der Waals surface area contributed by atoms with Gasteiger partial charge < -0.3 is 0 Å². The maximum atomic E-state index is 10.2. The SMILES string of the molecule is CCCOS(=O)(=O)OCl. The van der Waals surface area contributed by atoms with Crippen molar-refractivity contribution in [1.29, 1.82) is 0 Å². The van der Waals surface area contributed by atoms with Crippen LogP contribution < -0.4 is 0 Å². The average Bonchev–Trinajstić information content (AvgIpc) is 1.84. The Kier molecular flexibility index (Phi) is 4.12. The van der Waals surface area contributed by atoms with Crippen molar-refractivity contribution in [2.75, 3.05) is 6.61 Å². The first kappa shape index (κ1) is 9.16. The van der Waals surface area contributed by atoms with E-state index in [0.717, 1.165) is 0 Å². The highest BCUT2D eigenvalue weighted by Gasteiger charge is 2.08. The van der Waals surface area contributed by atoms with E-state index in [9.17, 15) is 8.42 Å². The van der Waals surface area contributed by atoms with Gasteiger partial charge in [0, 0.05) is 0 Å². The Bertz CT molecular complexity index is 151. The molecule has 0 rings (SSSR count). The molecule has 0 spiro atoms. The van der Waals surface area contributed by atoms with E-state index in [0.29, 0.717) is 6.42 Å². The van der Waals surface area contributed by atoms with Gasteiger partial charge in [0.15, 0.2) is 0 Å². The maximum absolute atomic E-state index is 10.2. The molecule has 0 N–H and O–H groups in total. The quantitative estimate of drug-likeness (QED) is 0.634. The molecule has 0 aliphatic carbocycles. The smallest absolute Gasteiger partial charge is 0.247 e. The van der Waals surface area contributed by atoms with Crippen LogP contribution in [0.1, 0.15) is 13.3 Å². The molecule has 0 atom stereocenters. The molecule has 0 radical (unpaired) electrons. The van der Waals surface area contributed by atoms with Crippen LogP contribution in [0, 0.1) is 0 Å². The van der Waals surface area contributed by atoms with Crippen LogP contribution in [-0.2, 0) is 18.3 Å². The molecule has 0 saturated heterocycles. The first-order valence-electron chi connectivity index (χ1n) is 2.32. The Morgan fingerprint density at radius 3 is 2.44 bits per heavy atom. The van der Waals surface area contributed by atoms with Gasteiger partial charge in [0.05, 0.1) is 18.5 Å². The highest BCUT2D eigenvalue weighted by Crippen LogP contribution is 1.98. The maximum Gasteiger partial charge on any atom is 0.416 e. The van der Waals surface area contributed by atoms with E-state index >= 15 is 0 Å². The molecule has 0 bridgehead atoms. The summed E-state index contributed by atoms with van der Waals surface area (Å²) < 4.78 is 28.0. The van der Waals surface area contributed by atoms with Gasteiger partial charge in [-0.2, -0.15) is 8.42 Å². The minimum Gasteiger partial charge on any atom is -0.247 e. The Balaban J connectivity index is 3.61. The zero-order valence-electron chi connectivity index (χ0n) is 4.83. The molecule has 0 fully saturated rings. The molecule has 56 valence electrons. The number of hydrogen-bond acceptors (Lipinski definition) is 4. The van der Waals surface area contributed by atoms with E-state index in [4.69, 9.17) is 0 Å². The molecule has 4 nitrogen and oxygen atoms in total. The highest BCUT2D eigenvalue weighted by atomic mass is 35.5. The fraction of sp³-hybridized carbons (Fsp3) is 1.00. The molecule has 0 aliphatic heterocycles. The summed E-state index contributed by atoms with van der Waals surface area (Å²) in [5.41, 5.74) is 0. The van der Waals surface area contributed by atoms with Gasteiger partial charge >= 0.3 is 10.4 Å². The fourth-order valence-electron chi connectivity index (χ4n) is 0.204. The van der Waals surface area contributed by atoms with Crippen molar-refractivity contribution in [2.24, 2.45) is 0 Å². The average molecular weight is 175 g/mol. The lowest BCUT2D eigenvalue weighted by Gasteiger charge is -1.95. The molecule has 0 aromatic carbocycles. The van der Waals surface area contributed by atoms with Crippen LogP contribution in [-0.4, -0.2) is 15.0 Å². The lowest BCUT2D eigenvalue weighted by Crippen LogP contribution is -2.05. The lowest BCUT2D eigenvalue weighted by molar-refractivity contribution is 0.278. The van der Waals surface area contributed by atoms with Crippen LogP contribution in [0.5, 0.6) is 0 Å². The summed E-state index contributed by atoms with van der Waals surface area (Å²) in [4.78, 5) is 0. The Morgan fingerprint density at radius 1 is 1.56 bits per heavy atom. The standard InChI is InChI=1S/C3H7ClO4S/c1-2-3-7-9(5,6)8-4/h2-3H2,1H3. The summed E-state index contributed by atoms with van der Waals surface area (Å²) >= 11 is 4.52. The summed E-state index contributed by atoms with van der Waals surface area (Å²) in [5, 5.41) is 0. The van der Waals surface area contributed by atoms with Crippen LogP contribution >= 0.6 is 11.9 Å². The molecule has 0 aromatic rings. The van der Waals surface area contributed by atoms with Gasteiger partial charge in [0.2, 0.25) is 0 Å². The molecule has 9 heavy (non-hydrogen) atoms. The second kappa shape index (κ2) is 4.05. The molecule has 0 aromatic heterocycles. The molecule has 0 saturated carbocycles. The highest BCUT2D eigenvalue weighted by molar-refractivity contribution is 7.82. The number of halogens is 1. The zero-order chi connectivity index (χ0) is 7.33. The minimum atomic E-state index is -3.92. The lowest BCUT2D eigenvalue weighted by atomic mass is 10.5. The van der Waals surface area contributed by atoms with Crippen LogP contribution in [0.25, 0.3) is 0 Å². The van der Waals surface area contributed by atoms with E-state index < -0.39 is 10.4 Å². The third kappa shape index (κ3) is 4.65. The van der Waals surface area contributed by atoms with Crippen LogP contribution in [0.3, 0.4) is 0 Å². The molecule has 0 amide bonds. The van der Waals surface area contributed by atoms with E-state index in [1.54, 1.807) is 6.92 Å². The van der Waals surface area contributed by atoms with Crippen LogP contribution in [0.2, 0.25) is 0 Å². The van der Waals surface area contributed by atoms with E-state index in [2.05, 4.69) is 19.8 Å². The van der Waals surface area contributed by atoms with Gasteiger partial charge in [-0.25, -0.2) is 4.18 Å². The van der Waals surface area contributed by atoms with Crippen LogP contribution in [0.4, 0.5) is 0 Å². The van der Waals surface area contributed by atoms with Crippen LogP contribution in [0.15, 0.2) is 0 Å². The third-order valence-electron chi connectivity index (χ3n) is 0.509. The van der Waals surface area contributed by atoms with Gasteiger partial charge in [-0.1, -0.05) is 6.92 Å². The third-order valence-corrected chi connectivity index (χ3v) is 1.58. The van der Waals surface area contributed by atoms with Crippen molar-refractivity contribution in [3.63, 3.8) is 0 Å². The summed E-state index contributed by atoms with van der Waals surface area (Å²) in [5.74, 6) is 0. The van der Waals surface area contributed by atoms with Gasteiger partial charge in [-0.3, -0.25) is 0 Å². The van der Waals surface area contributed by atoms with Gasteiger partial charge in [0.1, 0.15) is 0 Å². The first-order valence-corrected chi connectivity index (χ1v) is 3.96. The largest absolute Gasteiger partial charge is 0.416 e. The minimum absolute atomic E-state index is 0.0923. The van der Waals surface area contributed by atoms with Crippen molar-refractivity contribution in [3.05, 3.63) is 0 Å². The predicted octanol–water partition coefficient (Wildman–Crippen LogP) is 0.828. The van der Waals surface area contributed by atoms with Crippen molar-refractivity contribution >= 4 is 22.3 Å². The monoisotopic (exact) mass is 174 g/mol. The number of rotatable bonds is 4. The second-order valence-corrected chi connectivity index (χ2v) is 2.85. The topological polar surface area (TPSA) is 52.6 Å². The summed E-state index contributed by atoms with van der Waals surface area (Å²) in [7, 11) is -3.92. The Hall–Kier alpha value is 0.160. The Morgan fingerprint density at radius 2 is 2.11 bits per heavy atom. The van der Waals surface area contributed by atoms with E-state index in [1.165, 1.54) is 0 Å². The van der Waals surface area contributed by atoms with Gasteiger partial charge in [0.25, 0.3) is 0 Å². The summed E-state index contributed by atoms with van der Waals surface area (Å²) in [6, 6.07) is 0. The molecular formula is C3H7ClO4S. The fourth-order valence-corrected chi connectivity index (χ4v) is 0.720. The van der Waals surface area contributed by atoms with Crippen molar-refractivity contribution in [3.8, 4) is 0 Å². The van der Waals surface area contributed by atoms with Gasteiger partial charge in [-0.15, -0.1) is 3.74 Å². The number of hydrogen-bond donors (Lipinski definition) is 0. The van der Waals surface area contributed by atoms with Crippen molar-refractivity contribution in [2.45, 2.75) is 13.3 Å². The second-order valence-electron chi connectivity index (χ2n) is 1.29. The molecule has 0 heterocycles. The zero-order valence-corrected chi connectivity index (χ0v) is 6.41. The predicted molar refractivity (Wildman–Crippen MR) is 32.1 cm³/mol.